The molecule has 0 N–H and O–H groups in total. The molecule has 0 saturated heterocycles. The molecule has 0 saturated carbocycles. The van der Waals surface area contributed by atoms with E-state index >= 15 is 0 Å². The SMILES string of the molecule is CC(C)c1ccc2ccc3c(C(C)C)cc(-c4ccc5c(c4)=CCCC=5)c4ccc1c2c43. The van der Waals surface area contributed by atoms with Crippen LogP contribution in [0, 0.1) is 0 Å². The average molecular weight is 415 g/mol. The first-order chi connectivity index (χ1) is 15.5. The lowest BCUT2D eigenvalue weighted by Crippen LogP contribution is -2.26. The van der Waals surface area contributed by atoms with Gasteiger partial charge in [0.15, 0.2) is 0 Å². The van der Waals surface area contributed by atoms with Gasteiger partial charge in [-0.2, -0.15) is 0 Å². The minimum Gasteiger partial charge on any atom is -0.0764 e. The zero-order valence-electron chi connectivity index (χ0n) is 19.5. The van der Waals surface area contributed by atoms with Gasteiger partial charge in [0.1, 0.15) is 0 Å². The van der Waals surface area contributed by atoms with Gasteiger partial charge in [-0.3, -0.25) is 0 Å². The standard InChI is InChI=1S/C32H30/c1-19(2)25-13-11-22-12-14-27-29(20(3)4)18-30(28-16-15-26(25)31(22)32(27)28)24-10-9-21-7-5-6-8-23(21)17-24/h7-20H,5-6H2,1-4H3. The first-order valence-corrected chi connectivity index (χ1v) is 12.1. The van der Waals surface area contributed by atoms with Gasteiger partial charge in [0.25, 0.3) is 0 Å². The summed E-state index contributed by atoms with van der Waals surface area (Å²) in [4.78, 5) is 0. The van der Waals surface area contributed by atoms with E-state index in [0.29, 0.717) is 11.8 Å². The monoisotopic (exact) mass is 414 g/mol. The van der Waals surface area contributed by atoms with Crippen LogP contribution in [0.15, 0.2) is 60.7 Å². The lowest BCUT2D eigenvalue weighted by atomic mass is 9.83. The highest BCUT2D eigenvalue weighted by molar-refractivity contribution is 6.26. The van der Waals surface area contributed by atoms with Gasteiger partial charge in [-0.05, 0) is 102 Å². The molecule has 1 aliphatic rings. The molecule has 0 radical (unpaired) electrons. The zero-order chi connectivity index (χ0) is 22.0. The third-order valence-corrected chi connectivity index (χ3v) is 7.38. The number of fused-ring (bicyclic) bond motifs is 1. The van der Waals surface area contributed by atoms with Crippen LogP contribution >= 0.6 is 0 Å². The van der Waals surface area contributed by atoms with Crippen LogP contribution in [-0.4, -0.2) is 0 Å². The molecule has 0 spiro atoms. The fourth-order valence-electron chi connectivity index (χ4n) is 5.75. The number of benzene rings is 5. The quantitative estimate of drug-likeness (QED) is 0.264. The number of hydrogen-bond donors (Lipinski definition) is 0. The van der Waals surface area contributed by atoms with Crippen molar-refractivity contribution in [2.75, 3.05) is 0 Å². The molecule has 0 heteroatoms. The second kappa shape index (κ2) is 7.20. The lowest BCUT2D eigenvalue weighted by Gasteiger charge is -2.21. The van der Waals surface area contributed by atoms with E-state index in [0.717, 1.165) is 12.8 Å². The molecule has 158 valence electrons. The smallest absolute Gasteiger partial charge is 0.00176 e. The third-order valence-electron chi connectivity index (χ3n) is 7.38. The van der Waals surface area contributed by atoms with Gasteiger partial charge >= 0.3 is 0 Å². The van der Waals surface area contributed by atoms with E-state index in [1.807, 2.05) is 0 Å². The molecule has 0 fully saturated rings. The van der Waals surface area contributed by atoms with E-state index in [9.17, 15) is 0 Å². The van der Waals surface area contributed by atoms with Crippen LogP contribution in [0.3, 0.4) is 0 Å². The molecule has 0 aliphatic heterocycles. The number of hydrogen-bond acceptors (Lipinski definition) is 0. The van der Waals surface area contributed by atoms with Crippen LogP contribution in [0.5, 0.6) is 0 Å². The van der Waals surface area contributed by atoms with Crippen LogP contribution in [0.1, 0.15) is 63.5 Å². The van der Waals surface area contributed by atoms with Gasteiger partial charge in [-0.1, -0.05) is 88.4 Å². The molecule has 0 heterocycles. The van der Waals surface area contributed by atoms with Crippen molar-refractivity contribution in [1.29, 1.82) is 0 Å². The Morgan fingerprint density at radius 1 is 0.562 bits per heavy atom. The molecule has 5 aromatic rings. The molecular weight excluding hydrogens is 384 g/mol. The summed E-state index contributed by atoms with van der Waals surface area (Å²) in [6.07, 6.45) is 7.06. The third kappa shape index (κ3) is 2.82. The zero-order valence-corrected chi connectivity index (χ0v) is 19.5. The predicted octanol–water partition coefficient (Wildman–Crippen LogP) is 7.85. The molecular formula is C32H30. The van der Waals surface area contributed by atoms with Gasteiger partial charge in [0, 0.05) is 0 Å². The van der Waals surface area contributed by atoms with Crippen LogP contribution in [0.25, 0.3) is 55.6 Å². The summed E-state index contributed by atoms with van der Waals surface area (Å²) in [6, 6.07) is 23.6. The summed E-state index contributed by atoms with van der Waals surface area (Å²) < 4.78 is 0. The van der Waals surface area contributed by atoms with Gasteiger partial charge in [-0.15, -0.1) is 0 Å². The molecule has 1 aliphatic carbocycles. The van der Waals surface area contributed by atoms with Gasteiger partial charge < -0.3 is 0 Å². The van der Waals surface area contributed by atoms with Gasteiger partial charge in [0.2, 0.25) is 0 Å². The summed E-state index contributed by atoms with van der Waals surface area (Å²) in [5, 5.41) is 11.2. The highest BCUT2D eigenvalue weighted by Gasteiger charge is 2.18. The van der Waals surface area contributed by atoms with Crippen molar-refractivity contribution in [3.05, 3.63) is 82.2 Å². The second-order valence-corrected chi connectivity index (χ2v) is 10.1. The summed E-state index contributed by atoms with van der Waals surface area (Å²) >= 11 is 0. The second-order valence-electron chi connectivity index (χ2n) is 10.1. The summed E-state index contributed by atoms with van der Waals surface area (Å²) in [7, 11) is 0. The Hall–Kier alpha value is -3.12. The van der Waals surface area contributed by atoms with Crippen molar-refractivity contribution in [2.24, 2.45) is 0 Å². The molecule has 0 aromatic heterocycles. The van der Waals surface area contributed by atoms with E-state index in [2.05, 4.69) is 101 Å². The highest BCUT2D eigenvalue weighted by atomic mass is 14.2. The van der Waals surface area contributed by atoms with E-state index in [-0.39, 0.29) is 0 Å². The molecule has 0 amide bonds. The summed E-state index contributed by atoms with van der Waals surface area (Å²) in [6.45, 7) is 9.26. The van der Waals surface area contributed by atoms with Crippen LogP contribution < -0.4 is 10.4 Å². The average Bonchev–Trinajstić information content (AvgIpc) is 2.81. The van der Waals surface area contributed by atoms with Crippen LogP contribution in [0.4, 0.5) is 0 Å². The van der Waals surface area contributed by atoms with Gasteiger partial charge in [-0.25, -0.2) is 0 Å². The Labute approximate surface area is 190 Å². The number of rotatable bonds is 3. The van der Waals surface area contributed by atoms with E-state index < -0.39 is 0 Å². The topological polar surface area (TPSA) is 0 Å². The molecule has 5 aromatic carbocycles. The minimum absolute atomic E-state index is 0.473. The Morgan fingerprint density at radius 2 is 1.22 bits per heavy atom. The van der Waals surface area contributed by atoms with Crippen molar-refractivity contribution in [1.82, 2.24) is 0 Å². The minimum atomic E-state index is 0.473. The van der Waals surface area contributed by atoms with Crippen molar-refractivity contribution in [3.63, 3.8) is 0 Å². The molecule has 0 unspecified atom stereocenters. The van der Waals surface area contributed by atoms with E-state index in [1.54, 1.807) is 0 Å². The summed E-state index contributed by atoms with van der Waals surface area (Å²) in [5.74, 6) is 0.983. The van der Waals surface area contributed by atoms with Crippen molar-refractivity contribution >= 4 is 44.5 Å². The molecule has 32 heavy (non-hydrogen) atoms. The molecule has 0 atom stereocenters. The normalized spacial score (nSPS) is 13.8. The fourth-order valence-corrected chi connectivity index (χ4v) is 5.75. The maximum atomic E-state index is 2.46. The first-order valence-electron chi connectivity index (χ1n) is 12.1. The van der Waals surface area contributed by atoms with Crippen LogP contribution in [-0.2, 0) is 0 Å². The van der Waals surface area contributed by atoms with E-state index in [4.69, 9.17) is 0 Å². The maximum Gasteiger partial charge on any atom is -0.00176 e. The Morgan fingerprint density at radius 3 is 2.00 bits per heavy atom. The molecule has 0 bridgehead atoms. The molecule has 6 rings (SSSR count). The van der Waals surface area contributed by atoms with Crippen LogP contribution in [0.2, 0.25) is 0 Å². The Kier molecular flexibility index (Phi) is 4.40. The molecule has 0 nitrogen and oxygen atoms in total. The lowest BCUT2D eigenvalue weighted by molar-refractivity contribution is 0.876. The van der Waals surface area contributed by atoms with E-state index in [1.165, 1.54) is 65.0 Å². The largest absolute Gasteiger partial charge is 0.0764 e. The Bertz CT molecular complexity index is 1610. The van der Waals surface area contributed by atoms with Crippen molar-refractivity contribution in [2.45, 2.75) is 52.4 Å². The van der Waals surface area contributed by atoms with Crippen molar-refractivity contribution < 1.29 is 0 Å². The fraction of sp³-hybridized carbons (Fsp3) is 0.250. The van der Waals surface area contributed by atoms with Crippen molar-refractivity contribution in [3.8, 4) is 11.1 Å². The van der Waals surface area contributed by atoms with Gasteiger partial charge in [0.05, 0.1) is 0 Å². The summed E-state index contributed by atoms with van der Waals surface area (Å²) in [5.41, 5.74) is 5.60. The predicted molar refractivity (Wildman–Crippen MR) is 141 cm³/mol. The Balaban J connectivity index is 1.79. The highest BCUT2D eigenvalue weighted by Crippen LogP contribution is 2.44. The first kappa shape index (κ1) is 19.6. The maximum absolute atomic E-state index is 2.46.